The molecule has 4 nitrogen and oxygen atoms in total. The first kappa shape index (κ1) is 8.82. The summed E-state index contributed by atoms with van der Waals surface area (Å²) in [7, 11) is 0. The van der Waals surface area contributed by atoms with Crippen LogP contribution in [0.2, 0.25) is 0 Å². The van der Waals surface area contributed by atoms with Crippen molar-refractivity contribution < 1.29 is 0 Å². The number of H-pyrrole nitrogens is 1. The van der Waals surface area contributed by atoms with Gasteiger partial charge in [0.2, 0.25) is 0 Å². The van der Waals surface area contributed by atoms with Gasteiger partial charge in [0, 0.05) is 19.3 Å². The summed E-state index contributed by atoms with van der Waals surface area (Å²) >= 11 is 0. The lowest BCUT2D eigenvalue weighted by atomic mass is 10.2. The van der Waals surface area contributed by atoms with Gasteiger partial charge in [0.25, 0.3) is 5.56 Å². The first-order valence-corrected chi connectivity index (χ1v) is 4.69. The predicted molar refractivity (Wildman–Crippen MR) is 53.2 cm³/mol. The second kappa shape index (κ2) is 3.54. The van der Waals surface area contributed by atoms with Crippen LogP contribution in [0.5, 0.6) is 0 Å². The van der Waals surface area contributed by atoms with Gasteiger partial charge in [-0.3, -0.25) is 4.79 Å². The van der Waals surface area contributed by atoms with Gasteiger partial charge in [-0.25, -0.2) is 0 Å². The van der Waals surface area contributed by atoms with Gasteiger partial charge in [0.05, 0.1) is 5.69 Å². The number of nitrogens with zero attached hydrogens (tertiary/aromatic N) is 2. The van der Waals surface area contributed by atoms with Crippen LogP contribution < -0.4 is 10.5 Å². The van der Waals surface area contributed by atoms with Gasteiger partial charge < -0.3 is 9.88 Å². The highest BCUT2D eigenvalue weighted by molar-refractivity contribution is 5.58. The smallest absolute Gasteiger partial charge is 0.267 e. The lowest BCUT2D eigenvalue weighted by Gasteiger charge is -2.17. The van der Waals surface area contributed by atoms with Crippen molar-refractivity contribution in [1.82, 2.24) is 4.98 Å². The summed E-state index contributed by atoms with van der Waals surface area (Å²) in [4.78, 5) is 15.9. The van der Waals surface area contributed by atoms with Gasteiger partial charge in [-0.15, -0.1) is 0 Å². The Labute approximate surface area is 81.8 Å². The third-order valence-electron chi connectivity index (χ3n) is 2.50. The van der Waals surface area contributed by atoms with Crippen LogP contribution >= 0.6 is 0 Å². The summed E-state index contributed by atoms with van der Waals surface area (Å²) < 4.78 is 0. The van der Waals surface area contributed by atoms with E-state index in [1.807, 2.05) is 6.07 Å². The van der Waals surface area contributed by atoms with Crippen molar-refractivity contribution in [1.29, 1.82) is 5.26 Å². The van der Waals surface area contributed by atoms with E-state index in [-0.39, 0.29) is 11.1 Å². The Bertz CT molecular complexity index is 424. The quantitative estimate of drug-likeness (QED) is 0.712. The van der Waals surface area contributed by atoms with E-state index in [1.165, 1.54) is 0 Å². The molecule has 0 bridgehead atoms. The molecule has 4 heteroatoms. The van der Waals surface area contributed by atoms with Crippen molar-refractivity contribution in [2.75, 3.05) is 18.0 Å². The van der Waals surface area contributed by atoms with E-state index in [2.05, 4.69) is 9.88 Å². The molecular formula is C10H11N3O. The number of hydrogen-bond donors (Lipinski definition) is 1. The fourth-order valence-electron chi connectivity index (χ4n) is 1.80. The van der Waals surface area contributed by atoms with E-state index < -0.39 is 0 Å². The summed E-state index contributed by atoms with van der Waals surface area (Å²) in [5, 5.41) is 8.86. The van der Waals surface area contributed by atoms with E-state index in [1.54, 1.807) is 12.3 Å². The fourth-order valence-corrected chi connectivity index (χ4v) is 1.80. The third-order valence-corrected chi connectivity index (χ3v) is 2.50. The topological polar surface area (TPSA) is 59.9 Å². The van der Waals surface area contributed by atoms with E-state index in [0.29, 0.717) is 0 Å². The number of hydrogen-bond acceptors (Lipinski definition) is 3. The largest absolute Gasteiger partial charge is 0.370 e. The van der Waals surface area contributed by atoms with Crippen LogP contribution in [0, 0.1) is 11.3 Å². The molecule has 0 unspecified atom stereocenters. The number of aromatic amines is 1. The minimum atomic E-state index is -0.295. The Morgan fingerprint density at radius 3 is 2.79 bits per heavy atom. The molecular weight excluding hydrogens is 178 g/mol. The van der Waals surface area contributed by atoms with Crippen LogP contribution in [0.1, 0.15) is 18.4 Å². The molecule has 0 atom stereocenters. The summed E-state index contributed by atoms with van der Waals surface area (Å²) in [6.07, 6.45) is 3.87. The second-order valence-corrected chi connectivity index (χ2v) is 3.37. The summed E-state index contributed by atoms with van der Waals surface area (Å²) in [5.74, 6) is 0. The fraction of sp³-hybridized carbons (Fsp3) is 0.400. The molecule has 1 N–H and O–H groups in total. The molecule has 0 amide bonds. The van der Waals surface area contributed by atoms with Crippen molar-refractivity contribution in [3.8, 4) is 6.07 Å². The molecule has 0 radical (unpaired) electrons. The Hall–Kier alpha value is -1.76. The number of nitriles is 1. The average molecular weight is 189 g/mol. The molecule has 1 fully saturated rings. The summed E-state index contributed by atoms with van der Waals surface area (Å²) in [6, 6.07) is 3.75. The first-order valence-electron chi connectivity index (χ1n) is 4.69. The molecule has 0 aromatic carbocycles. The van der Waals surface area contributed by atoms with Crippen LogP contribution in [0.4, 0.5) is 5.69 Å². The highest BCUT2D eigenvalue weighted by atomic mass is 16.1. The van der Waals surface area contributed by atoms with Crippen LogP contribution in [-0.2, 0) is 0 Å². The molecule has 1 aromatic heterocycles. The predicted octanol–water partition coefficient (Wildman–Crippen LogP) is 0.847. The lowest BCUT2D eigenvalue weighted by Crippen LogP contribution is -2.22. The Morgan fingerprint density at radius 1 is 1.43 bits per heavy atom. The van der Waals surface area contributed by atoms with E-state index >= 15 is 0 Å². The standard InChI is InChI=1S/C10H11N3O/c11-7-8-9(3-4-12-10(8)14)13-5-1-2-6-13/h3-4H,1-2,5-6H2,(H,12,14). The molecule has 1 aromatic rings. The monoisotopic (exact) mass is 189 g/mol. The van der Waals surface area contributed by atoms with Crippen LogP contribution in [-0.4, -0.2) is 18.1 Å². The number of pyridine rings is 1. The molecule has 2 rings (SSSR count). The van der Waals surface area contributed by atoms with Crippen molar-refractivity contribution >= 4 is 5.69 Å². The number of rotatable bonds is 1. The highest BCUT2D eigenvalue weighted by Gasteiger charge is 2.16. The molecule has 72 valence electrons. The van der Waals surface area contributed by atoms with E-state index in [9.17, 15) is 4.79 Å². The molecule has 14 heavy (non-hydrogen) atoms. The zero-order chi connectivity index (χ0) is 9.97. The average Bonchev–Trinajstić information content (AvgIpc) is 2.70. The molecule has 1 aliphatic heterocycles. The van der Waals surface area contributed by atoms with Crippen molar-refractivity contribution in [2.45, 2.75) is 12.8 Å². The van der Waals surface area contributed by atoms with Gasteiger partial charge in [-0.2, -0.15) is 5.26 Å². The van der Waals surface area contributed by atoms with Gasteiger partial charge in [-0.05, 0) is 18.9 Å². The zero-order valence-electron chi connectivity index (χ0n) is 7.79. The minimum Gasteiger partial charge on any atom is -0.370 e. The second-order valence-electron chi connectivity index (χ2n) is 3.37. The van der Waals surface area contributed by atoms with Crippen LogP contribution in [0.25, 0.3) is 0 Å². The number of nitrogens with one attached hydrogen (secondary N) is 1. The normalized spacial score (nSPS) is 15.5. The molecule has 0 spiro atoms. The number of aromatic nitrogens is 1. The Balaban J connectivity index is 2.47. The maximum absolute atomic E-state index is 11.3. The maximum Gasteiger partial charge on any atom is 0.267 e. The highest BCUT2D eigenvalue weighted by Crippen LogP contribution is 2.20. The Morgan fingerprint density at radius 2 is 2.14 bits per heavy atom. The molecule has 2 heterocycles. The summed E-state index contributed by atoms with van der Waals surface area (Å²) in [5.41, 5.74) is 0.708. The van der Waals surface area contributed by atoms with E-state index in [4.69, 9.17) is 5.26 Å². The van der Waals surface area contributed by atoms with E-state index in [0.717, 1.165) is 31.6 Å². The van der Waals surface area contributed by atoms with Crippen LogP contribution in [0.15, 0.2) is 17.1 Å². The zero-order valence-corrected chi connectivity index (χ0v) is 7.79. The Kier molecular flexibility index (Phi) is 2.23. The third kappa shape index (κ3) is 1.37. The van der Waals surface area contributed by atoms with Crippen molar-refractivity contribution in [3.05, 3.63) is 28.2 Å². The molecule has 0 aliphatic carbocycles. The summed E-state index contributed by atoms with van der Waals surface area (Å²) in [6.45, 7) is 1.89. The minimum absolute atomic E-state index is 0.231. The van der Waals surface area contributed by atoms with Gasteiger partial charge in [-0.1, -0.05) is 0 Å². The SMILES string of the molecule is N#Cc1c(N2CCCC2)cc[nH]c1=O. The maximum atomic E-state index is 11.3. The van der Waals surface area contributed by atoms with Gasteiger partial charge in [0.1, 0.15) is 11.6 Å². The van der Waals surface area contributed by atoms with Crippen molar-refractivity contribution in [3.63, 3.8) is 0 Å². The van der Waals surface area contributed by atoms with Gasteiger partial charge in [0.15, 0.2) is 0 Å². The molecule has 1 saturated heterocycles. The lowest BCUT2D eigenvalue weighted by molar-refractivity contribution is 0.949. The van der Waals surface area contributed by atoms with Crippen molar-refractivity contribution in [2.24, 2.45) is 0 Å². The molecule has 1 aliphatic rings. The first-order chi connectivity index (χ1) is 6.83. The number of anilines is 1. The van der Waals surface area contributed by atoms with Crippen LogP contribution in [0.3, 0.4) is 0 Å². The van der Waals surface area contributed by atoms with Gasteiger partial charge >= 0.3 is 0 Å². The molecule has 0 saturated carbocycles.